The van der Waals surface area contributed by atoms with Crippen LogP contribution in [0.25, 0.3) is 33.4 Å². The van der Waals surface area contributed by atoms with Gasteiger partial charge in [-0.3, -0.25) is 34.9 Å². The molecule has 8 heterocycles. The van der Waals surface area contributed by atoms with Crippen molar-refractivity contribution in [2.75, 3.05) is 7.05 Å². The standard InChI is InChI=1S/C55H37N9/c1-35-9-22-62-52(25-35)54(48-12-18-58-30-42(48)43-31-59-19-13-49(43)54)38-7-3-5-36(26-38)53(46-10-16-56-28-40(46)41-29-57-17-11-47(41)53)37-6-4-8-39(27-37)55(64-24-23-63(2)34-64)50-14-20-60-32-44(50)45-33-61-21-15-51(45)55/h3-33H,1-2H3/q+2. The predicted molar refractivity (Wildman–Crippen MR) is 243 cm³/mol. The zero-order valence-electron chi connectivity index (χ0n) is 34.9. The van der Waals surface area contributed by atoms with Gasteiger partial charge in [-0.05, 0) is 106 Å². The first-order valence-corrected chi connectivity index (χ1v) is 21.4. The lowest BCUT2D eigenvalue weighted by atomic mass is 9.64. The maximum Gasteiger partial charge on any atom is 0.490 e. The zero-order chi connectivity index (χ0) is 42.6. The summed E-state index contributed by atoms with van der Waals surface area (Å²) in [5.41, 5.74) is 17.2. The second-order valence-electron chi connectivity index (χ2n) is 17.0. The Balaban J connectivity index is 1.14. The lowest BCUT2D eigenvalue weighted by Crippen LogP contribution is -2.38. The minimum atomic E-state index is -0.808. The van der Waals surface area contributed by atoms with Crippen LogP contribution in [-0.4, -0.2) is 57.1 Å². The molecule has 0 N–H and O–H groups in total. The largest absolute Gasteiger partial charge is 0.490 e. The van der Waals surface area contributed by atoms with Crippen LogP contribution in [-0.2, 0) is 16.4 Å². The highest BCUT2D eigenvalue weighted by Crippen LogP contribution is 2.60. The minimum Gasteiger partial charge on any atom is -0.264 e. The molecule has 9 aromatic rings. The van der Waals surface area contributed by atoms with Crippen molar-refractivity contribution in [2.24, 2.45) is 0 Å². The molecule has 2 aromatic carbocycles. The van der Waals surface area contributed by atoms with Crippen LogP contribution >= 0.6 is 0 Å². The molecule has 4 aliphatic rings. The number of aryl methyl sites for hydroxylation is 1. The van der Waals surface area contributed by atoms with Crippen molar-refractivity contribution < 1.29 is 9.15 Å². The number of aromatic nitrogens is 7. The summed E-state index contributed by atoms with van der Waals surface area (Å²) in [4.78, 5) is 33.1. The molecule has 7 aromatic heterocycles. The van der Waals surface area contributed by atoms with Gasteiger partial charge in [-0.25, -0.2) is 0 Å². The van der Waals surface area contributed by atoms with Crippen molar-refractivity contribution >= 4 is 6.01 Å². The summed E-state index contributed by atoms with van der Waals surface area (Å²) in [5, 5.41) is 0. The Morgan fingerprint density at radius 1 is 0.422 bits per heavy atom. The van der Waals surface area contributed by atoms with Gasteiger partial charge in [0.1, 0.15) is 0 Å². The quantitative estimate of drug-likeness (QED) is 0.155. The van der Waals surface area contributed by atoms with E-state index >= 15 is 0 Å². The third-order valence-corrected chi connectivity index (χ3v) is 14.0. The first-order chi connectivity index (χ1) is 31.5. The van der Waals surface area contributed by atoms with E-state index in [0.29, 0.717) is 0 Å². The van der Waals surface area contributed by atoms with Gasteiger partial charge < -0.3 is 0 Å². The Labute approximate surface area is 369 Å². The molecular formula is C55H37N9+2. The van der Waals surface area contributed by atoms with E-state index in [4.69, 9.17) is 15.0 Å². The van der Waals surface area contributed by atoms with E-state index in [1.165, 1.54) is 0 Å². The van der Waals surface area contributed by atoms with Crippen LogP contribution in [0.1, 0.15) is 66.9 Å². The second-order valence-corrected chi connectivity index (χ2v) is 17.0. The number of hydrogen-bond donors (Lipinski definition) is 0. The third kappa shape index (κ3) is 4.55. The predicted octanol–water partition coefficient (Wildman–Crippen LogP) is 9.07. The molecule has 0 bridgehead atoms. The van der Waals surface area contributed by atoms with Gasteiger partial charge in [-0.15, -0.1) is 0 Å². The van der Waals surface area contributed by atoms with Crippen LogP contribution in [0.15, 0.2) is 190 Å². The minimum absolute atomic E-state index is 0.772. The number of benzene rings is 2. The molecule has 0 fully saturated rings. The van der Waals surface area contributed by atoms with E-state index < -0.39 is 16.4 Å². The molecule has 9 nitrogen and oxygen atoms in total. The Morgan fingerprint density at radius 3 is 1.28 bits per heavy atom. The van der Waals surface area contributed by atoms with Crippen LogP contribution in [0.4, 0.5) is 0 Å². The molecule has 300 valence electrons. The number of pyridine rings is 7. The van der Waals surface area contributed by atoms with E-state index in [9.17, 15) is 0 Å². The summed E-state index contributed by atoms with van der Waals surface area (Å²) < 4.78 is 4.19. The maximum atomic E-state index is 5.20. The summed E-state index contributed by atoms with van der Waals surface area (Å²) in [6.07, 6.45) is 29.4. The van der Waals surface area contributed by atoms with Gasteiger partial charge in [-0.2, -0.15) is 0 Å². The summed E-state index contributed by atoms with van der Waals surface area (Å²) in [6, 6.07) is 39.3. The average Bonchev–Trinajstić information content (AvgIpc) is 4.09. The lowest BCUT2D eigenvalue weighted by Gasteiger charge is -2.37. The Morgan fingerprint density at radius 2 is 0.828 bits per heavy atom. The Kier molecular flexibility index (Phi) is 7.54. The van der Waals surface area contributed by atoms with E-state index in [2.05, 4.69) is 141 Å². The normalized spacial score (nSPS) is 15.9. The highest BCUT2D eigenvalue weighted by molar-refractivity contribution is 5.88. The van der Waals surface area contributed by atoms with Crippen LogP contribution in [0.3, 0.4) is 0 Å². The molecule has 0 spiro atoms. The van der Waals surface area contributed by atoms with Crippen molar-refractivity contribution in [3.8, 4) is 33.4 Å². The highest BCUT2D eigenvalue weighted by atomic mass is 15.2. The van der Waals surface area contributed by atoms with Gasteiger partial charge in [0.2, 0.25) is 12.4 Å². The van der Waals surface area contributed by atoms with Gasteiger partial charge in [0.25, 0.3) is 5.54 Å². The van der Waals surface area contributed by atoms with Gasteiger partial charge in [0.15, 0.2) is 7.05 Å². The molecule has 1 aliphatic heterocycles. The fraction of sp³-hybridized carbons (Fsp3) is 0.0909. The van der Waals surface area contributed by atoms with E-state index in [-0.39, 0.29) is 0 Å². The molecule has 13 rings (SSSR count). The van der Waals surface area contributed by atoms with E-state index in [0.717, 1.165) is 100 Å². The van der Waals surface area contributed by atoms with E-state index in [1.807, 2.05) is 98.4 Å². The lowest BCUT2D eigenvalue weighted by molar-refractivity contribution is -0.533. The highest BCUT2D eigenvalue weighted by Gasteiger charge is 2.57. The van der Waals surface area contributed by atoms with Crippen molar-refractivity contribution in [1.29, 1.82) is 0 Å². The van der Waals surface area contributed by atoms with Crippen molar-refractivity contribution in [2.45, 2.75) is 23.3 Å². The third-order valence-electron chi connectivity index (χ3n) is 14.0. The summed E-state index contributed by atoms with van der Waals surface area (Å²) >= 11 is 0. The molecule has 0 unspecified atom stereocenters. The topological polar surface area (TPSA) is 96.2 Å². The summed E-state index contributed by atoms with van der Waals surface area (Å²) in [7, 11) is 2.01. The maximum absolute atomic E-state index is 5.20. The molecule has 0 atom stereocenters. The molecule has 3 aliphatic carbocycles. The van der Waals surface area contributed by atoms with Gasteiger partial charge in [0.05, 0.1) is 16.5 Å². The summed E-state index contributed by atoms with van der Waals surface area (Å²) in [5.74, 6) is 0. The molecule has 9 heteroatoms. The number of hydrogen-bond acceptors (Lipinski definition) is 7. The molecule has 0 radical (unpaired) electrons. The molecule has 0 amide bonds. The van der Waals surface area contributed by atoms with Gasteiger partial charge in [0, 0.05) is 131 Å². The average molecular weight is 824 g/mol. The van der Waals surface area contributed by atoms with Crippen LogP contribution < -0.4 is 0 Å². The fourth-order valence-corrected chi connectivity index (χ4v) is 11.6. The molecule has 0 saturated heterocycles. The van der Waals surface area contributed by atoms with Crippen molar-refractivity contribution in [3.05, 3.63) is 257 Å². The smallest absolute Gasteiger partial charge is 0.264 e. The SMILES string of the molecule is Cc1ccnc(C2(c3cccc(C4(c5cccc(C6([N+]7=C=[N+](C)C=C7)c7ccncc7-c7cnccc76)c5)c5ccncc5-c5cnccc54)c3)c3ccncc3-c3cnccc32)c1. The fourth-order valence-electron chi connectivity index (χ4n) is 11.6. The van der Waals surface area contributed by atoms with Crippen LogP contribution in [0.5, 0.6) is 0 Å². The molecule has 0 saturated carbocycles. The summed E-state index contributed by atoms with van der Waals surface area (Å²) in [6.45, 7) is 2.13. The van der Waals surface area contributed by atoms with Crippen molar-refractivity contribution in [3.63, 3.8) is 0 Å². The van der Waals surface area contributed by atoms with Gasteiger partial charge in [-0.1, -0.05) is 51.6 Å². The first kappa shape index (κ1) is 36.3. The van der Waals surface area contributed by atoms with E-state index in [1.54, 1.807) is 0 Å². The number of fused-ring (bicyclic) bond motifs is 9. The Hall–Kier alpha value is -8.39. The van der Waals surface area contributed by atoms with Gasteiger partial charge >= 0.3 is 6.01 Å². The monoisotopic (exact) mass is 823 g/mol. The number of nitrogens with zero attached hydrogens (tertiary/aromatic N) is 9. The number of rotatable bonds is 6. The molecular weight excluding hydrogens is 787 g/mol. The zero-order valence-corrected chi connectivity index (χ0v) is 34.9. The second kappa shape index (κ2) is 13.3. The Bertz CT molecular complexity index is 3430. The first-order valence-electron chi connectivity index (χ1n) is 21.4. The van der Waals surface area contributed by atoms with Crippen molar-refractivity contribution in [1.82, 2.24) is 34.9 Å². The van der Waals surface area contributed by atoms with Crippen LogP contribution in [0.2, 0.25) is 0 Å². The van der Waals surface area contributed by atoms with Crippen LogP contribution in [0, 0.1) is 6.92 Å². The molecule has 64 heavy (non-hydrogen) atoms.